The summed E-state index contributed by atoms with van der Waals surface area (Å²) in [4.78, 5) is 12.3. The monoisotopic (exact) mass is 290 g/mol. The maximum Gasteiger partial charge on any atom is 0.330 e. The van der Waals surface area contributed by atoms with Crippen molar-refractivity contribution in [3.8, 4) is 0 Å². The predicted molar refractivity (Wildman–Crippen MR) is 86.9 cm³/mol. The van der Waals surface area contributed by atoms with Crippen LogP contribution in [0.15, 0.2) is 47.4 Å². The minimum atomic E-state index is -0.311. The Hall–Kier alpha value is -1.48. The molecule has 0 atom stereocenters. The van der Waals surface area contributed by atoms with E-state index in [0.717, 1.165) is 5.56 Å². The molecule has 0 radical (unpaired) electrons. The third-order valence-corrected chi connectivity index (χ3v) is 3.34. The van der Waals surface area contributed by atoms with Crippen LogP contribution in [0.3, 0.4) is 0 Å². The van der Waals surface area contributed by atoms with Crippen molar-refractivity contribution in [3.63, 3.8) is 0 Å². The van der Waals surface area contributed by atoms with Crippen LogP contribution in [0.1, 0.15) is 33.3 Å². The zero-order valence-electron chi connectivity index (χ0n) is 12.6. The molecule has 1 aromatic rings. The first-order valence-electron chi connectivity index (χ1n) is 6.71. The first kappa shape index (κ1) is 16.6. The van der Waals surface area contributed by atoms with Crippen molar-refractivity contribution >= 4 is 23.8 Å². The van der Waals surface area contributed by atoms with Gasteiger partial charge < -0.3 is 4.74 Å². The minimum absolute atomic E-state index is 0.222. The Bertz CT molecular complexity index is 479. The Morgan fingerprint density at radius 2 is 1.85 bits per heavy atom. The fraction of sp³-hybridized carbons (Fsp3) is 0.353. The summed E-state index contributed by atoms with van der Waals surface area (Å²) < 4.78 is 5.02. The molecule has 0 aromatic heterocycles. The van der Waals surface area contributed by atoms with E-state index in [2.05, 4.69) is 45.0 Å². The Morgan fingerprint density at radius 3 is 2.40 bits per heavy atom. The van der Waals surface area contributed by atoms with Gasteiger partial charge in [0.05, 0.1) is 6.61 Å². The molecule has 0 aliphatic carbocycles. The topological polar surface area (TPSA) is 26.3 Å². The Labute approximate surface area is 125 Å². The van der Waals surface area contributed by atoms with Crippen LogP contribution < -0.4 is 0 Å². The summed E-state index contributed by atoms with van der Waals surface area (Å²) in [7, 11) is 0. The summed E-state index contributed by atoms with van der Waals surface area (Å²) in [6, 6.07) is 8.38. The fourth-order valence-corrected chi connectivity index (χ4v) is 2.47. The maximum atomic E-state index is 11.1. The molecule has 0 amide bonds. The van der Waals surface area contributed by atoms with Gasteiger partial charge in [-0.05, 0) is 24.6 Å². The number of ether oxygens (including phenoxy) is 1. The van der Waals surface area contributed by atoms with Crippen LogP contribution in [0, 0.1) is 0 Å². The van der Waals surface area contributed by atoms with Crippen molar-refractivity contribution in [3.05, 3.63) is 48.1 Å². The molecule has 0 N–H and O–H groups in total. The summed E-state index contributed by atoms with van der Waals surface area (Å²) in [5.74, 6) is -0.311. The fourth-order valence-electron chi connectivity index (χ4n) is 1.49. The first-order chi connectivity index (χ1) is 9.40. The molecule has 1 rings (SSSR count). The van der Waals surface area contributed by atoms with Crippen LogP contribution in [-0.4, -0.2) is 17.3 Å². The van der Waals surface area contributed by atoms with Gasteiger partial charge >= 0.3 is 5.97 Å². The van der Waals surface area contributed by atoms with Gasteiger partial charge in [0.2, 0.25) is 0 Å². The van der Waals surface area contributed by atoms with E-state index in [1.165, 1.54) is 11.0 Å². The van der Waals surface area contributed by atoms with E-state index in [1.54, 1.807) is 13.0 Å². The summed E-state index contributed by atoms with van der Waals surface area (Å²) in [5.41, 5.74) is 1.11. The molecule has 0 aliphatic rings. The Morgan fingerprint density at radius 1 is 1.20 bits per heavy atom. The van der Waals surface area contributed by atoms with E-state index in [-0.39, 0.29) is 10.7 Å². The minimum Gasteiger partial charge on any atom is -0.463 e. The van der Waals surface area contributed by atoms with Gasteiger partial charge in [-0.3, -0.25) is 0 Å². The molecule has 0 aliphatic heterocycles. The molecule has 0 spiro atoms. The predicted octanol–water partition coefficient (Wildman–Crippen LogP) is 4.71. The van der Waals surface area contributed by atoms with Gasteiger partial charge in [-0.1, -0.05) is 51.1 Å². The van der Waals surface area contributed by atoms with Crippen LogP contribution in [-0.2, 0) is 9.53 Å². The lowest BCUT2D eigenvalue weighted by molar-refractivity contribution is -0.137. The van der Waals surface area contributed by atoms with Crippen LogP contribution in [0.4, 0.5) is 0 Å². The van der Waals surface area contributed by atoms with Crippen molar-refractivity contribution < 1.29 is 9.53 Å². The number of allylic oxidation sites excluding steroid dienone is 2. The molecule has 0 bridgehead atoms. The number of thioether (sulfide) groups is 1. The molecule has 0 saturated carbocycles. The summed E-state index contributed by atoms with van der Waals surface area (Å²) in [6.07, 6.45) is 6.91. The molecule has 0 saturated heterocycles. The lowest BCUT2D eigenvalue weighted by Crippen LogP contribution is -2.06. The second kappa shape index (κ2) is 7.95. The number of hydrogen-bond donors (Lipinski definition) is 0. The molecule has 20 heavy (non-hydrogen) atoms. The number of rotatable bonds is 5. The molecule has 0 fully saturated rings. The Kier molecular flexibility index (Phi) is 6.59. The van der Waals surface area contributed by atoms with Gasteiger partial charge in [-0.25, -0.2) is 4.79 Å². The maximum absolute atomic E-state index is 11.1. The number of esters is 1. The lowest BCUT2D eigenvalue weighted by Gasteiger charge is -2.17. The average molecular weight is 290 g/mol. The highest BCUT2D eigenvalue weighted by atomic mass is 32.2. The highest BCUT2D eigenvalue weighted by Crippen LogP contribution is 2.31. The van der Waals surface area contributed by atoms with Gasteiger partial charge in [0.25, 0.3) is 0 Å². The molecular weight excluding hydrogens is 268 g/mol. The van der Waals surface area contributed by atoms with Crippen LogP contribution >= 0.6 is 11.8 Å². The standard InChI is InChI=1S/C17H22O2S/c1-5-19-16(18)9-7-6-8-14-10-12-15(13-11-14)20-17(2,3)4/h6-13H,5H2,1-4H3/b8-6+,9-7+. The molecule has 0 unspecified atom stereocenters. The Balaban J connectivity index is 2.55. The molecule has 2 nitrogen and oxygen atoms in total. The number of hydrogen-bond acceptors (Lipinski definition) is 3. The van der Waals surface area contributed by atoms with Gasteiger partial charge in [-0.15, -0.1) is 11.8 Å². The van der Waals surface area contributed by atoms with E-state index in [0.29, 0.717) is 6.61 Å². The second-order valence-electron chi connectivity index (χ2n) is 5.25. The SMILES string of the molecule is CCOC(=O)/C=C/C=C/c1ccc(SC(C)(C)C)cc1. The molecule has 0 heterocycles. The normalized spacial score (nSPS) is 12.2. The van der Waals surface area contributed by atoms with E-state index in [4.69, 9.17) is 4.74 Å². The largest absolute Gasteiger partial charge is 0.463 e. The van der Waals surface area contributed by atoms with Gasteiger partial charge in [0, 0.05) is 15.7 Å². The number of carbonyl (C=O) groups is 1. The van der Waals surface area contributed by atoms with Crippen molar-refractivity contribution in [2.75, 3.05) is 6.61 Å². The molecule has 1 aromatic carbocycles. The number of carbonyl (C=O) groups excluding carboxylic acids is 1. The van der Waals surface area contributed by atoms with Crippen LogP contribution in [0.25, 0.3) is 6.08 Å². The van der Waals surface area contributed by atoms with E-state index in [1.807, 2.05) is 23.9 Å². The second-order valence-corrected chi connectivity index (χ2v) is 7.15. The smallest absolute Gasteiger partial charge is 0.330 e. The summed E-state index contributed by atoms with van der Waals surface area (Å²) in [5, 5.41) is 0. The van der Waals surface area contributed by atoms with Gasteiger partial charge in [0.1, 0.15) is 0 Å². The number of benzene rings is 1. The van der Waals surface area contributed by atoms with E-state index in [9.17, 15) is 4.79 Å². The molecule has 3 heteroatoms. The van der Waals surface area contributed by atoms with Crippen molar-refractivity contribution in [2.24, 2.45) is 0 Å². The van der Waals surface area contributed by atoms with Crippen molar-refractivity contribution in [1.82, 2.24) is 0 Å². The average Bonchev–Trinajstić information content (AvgIpc) is 2.35. The zero-order valence-corrected chi connectivity index (χ0v) is 13.4. The van der Waals surface area contributed by atoms with E-state index >= 15 is 0 Å². The van der Waals surface area contributed by atoms with Crippen LogP contribution in [0.5, 0.6) is 0 Å². The summed E-state index contributed by atoms with van der Waals surface area (Å²) in [6.45, 7) is 8.79. The first-order valence-corrected chi connectivity index (χ1v) is 7.53. The zero-order chi connectivity index (χ0) is 15.0. The van der Waals surface area contributed by atoms with Gasteiger partial charge in [0.15, 0.2) is 0 Å². The third-order valence-electron chi connectivity index (χ3n) is 2.22. The highest BCUT2D eigenvalue weighted by molar-refractivity contribution is 8.00. The lowest BCUT2D eigenvalue weighted by atomic mass is 10.2. The van der Waals surface area contributed by atoms with Crippen molar-refractivity contribution in [1.29, 1.82) is 0 Å². The quantitative estimate of drug-likeness (QED) is 0.340. The van der Waals surface area contributed by atoms with Crippen LogP contribution in [0.2, 0.25) is 0 Å². The van der Waals surface area contributed by atoms with E-state index < -0.39 is 0 Å². The highest BCUT2D eigenvalue weighted by Gasteiger charge is 2.11. The third kappa shape index (κ3) is 7.19. The van der Waals surface area contributed by atoms with Crippen molar-refractivity contribution in [2.45, 2.75) is 37.3 Å². The van der Waals surface area contributed by atoms with Gasteiger partial charge in [-0.2, -0.15) is 0 Å². The molecule has 108 valence electrons. The summed E-state index contributed by atoms with van der Waals surface area (Å²) >= 11 is 1.85. The molecular formula is C17H22O2S.